The highest BCUT2D eigenvalue weighted by molar-refractivity contribution is 5.11. The number of nitrogens with one attached hydrogen (secondary N) is 1. The molecule has 1 N–H and O–H groups in total. The molecule has 1 aromatic heterocycles. The van der Waals surface area contributed by atoms with Gasteiger partial charge in [0.25, 0.3) is 0 Å². The van der Waals surface area contributed by atoms with Crippen LogP contribution in [0.1, 0.15) is 30.8 Å². The summed E-state index contributed by atoms with van der Waals surface area (Å²) >= 11 is 0. The van der Waals surface area contributed by atoms with Crippen molar-refractivity contribution in [1.29, 1.82) is 0 Å². The Balaban J connectivity index is 2.19. The van der Waals surface area contributed by atoms with Crippen molar-refractivity contribution >= 4 is 0 Å². The largest absolute Gasteiger partial charge is 0.379 e. The number of aromatic nitrogens is 2. The summed E-state index contributed by atoms with van der Waals surface area (Å²) in [6.45, 7) is 8.99. The molecule has 0 aromatic carbocycles. The van der Waals surface area contributed by atoms with Crippen molar-refractivity contribution in [2.75, 3.05) is 19.8 Å². The molecule has 4 nitrogen and oxygen atoms in total. The van der Waals surface area contributed by atoms with Gasteiger partial charge < -0.3 is 14.6 Å². The Bertz CT molecular complexity index is 346. The fraction of sp³-hybridized carbons (Fsp3) is 0.750. The van der Waals surface area contributed by atoms with E-state index in [4.69, 9.17) is 4.74 Å². The highest BCUT2D eigenvalue weighted by Gasteiger charge is 2.27. The number of ether oxygens (including phenoxy) is 1. The van der Waals surface area contributed by atoms with Gasteiger partial charge in [0.05, 0.1) is 24.7 Å². The first kappa shape index (κ1) is 11.6. The van der Waals surface area contributed by atoms with Crippen LogP contribution in [0.3, 0.4) is 0 Å². The van der Waals surface area contributed by atoms with Crippen LogP contribution in [-0.4, -0.2) is 35.4 Å². The van der Waals surface area contributed by atoms with Crippen LogP contribution >= 0.6 is 0 Å². The second kappa shape index (κ2) is 4.97. The highest BCUT2D eigenvalue weighted by Crippen LogP contribution is 2.22. The molecule has 90 valence electrons. The number of nitrogens with zero attached hydrogens (tertiary/aromatic N) is 2. The third-order valence-corrected chi connectivity index (χ3v) is 3.44. The van der Waals surface area contributed by atoms with E-state index < -0.39 is 0 Å². The van der Waals surface area contributed by atoms with Gasteiger partial charge in [-0.25, -0.2) is 4.98 Å². The molecule has 1 aliphatic rings. The topological polar surface area (TPSA) is 39.1 Å². The van der Waals surface area contributed by atoms with E-state index in [9.17, 15) is 0 Å². The zero-order chi connectivity index (χ0) is 11.5. The van der Waals surface area contributed by atoms with Crippen LogP contribution < -0.4 is 5.32 Å². The summed E-state index contributed by atoms with van der Waals surface area (Å²) in [5.74, 6) is 0. The Kier molecular flexibility index (Phi) is 3.61. The Labute approximate surface area is 97.0 Å². The molecule has 4 heteroatoms. The Morgan fingerprint density at radius 1 is 1.56 bits per heavy atom. The molecular formula is C12H21N3O. The number of hydrogen-bond acceptors (Lipinski definition) is 3. The minimum absolute atomic E-state index is 0.384. The summed E-state index contributed by atoms with van der Waals surface area (Å²) in [4.78, 5) is 4.37. The van der Waals surface area contributed by atoms with Crippen LogP contribution in [0.15, 0.2) is 6.33 Å². The molecule has 2 atom stereocenters. The summed E-state index contributed by atoms with van der Waals surface area (Å²) in [5.41, 5.74) is 2.36. The molecule has 2 unspecified atom stereocenters. The van der Waals surface area contributed by atoms with Gasteiger partial charge in [-0.3, -0.25) is 0 Å². The van der Waals surface area contributed by atoms with E-state index in [1.807, 2.05) is 6.33 Å². The number of hydrogen-bond donors (Lipinski definition) is 1. The van der Waals surface area contributed by atoms with E-state index in [0.717, 1.165) is 31.9 Å². The fourth-order valence-electron chi connectivity index (χ4n) is 2.35. The van der Waals surface area contributed by atoms with Gasteiger partial charge in [-0.2, -0.15) is 0 Å². The quantitative estimate of drug-likeness (QED) is 0.842. The maximum Gasteiger partial charge on any atom is 0.0955 e. The lowest BCUT2D eigenvalue weighted by molar-refractivity contribution is 0.0368. The summed E-state index contributed by atoms with van der Waals surface area (Å²) < 4.78 is 7.84. The molecule has 0 bridgehead atoms. The average Bonchev–Trinajstić information content (AvgIpc) is 2.61. The van der Waals surface area contributed by atoms with Crippen LogP contribution in [-0.2, 0) is 4.74 Å². The molecule has 0 radical (unpaired) electrons. The third kappa shape index (κ3) is 2.13. The van der Waals surface area contributed by atoms with Gasteiger partial charge in [-0.05, 0) is 26.8 Å². The first-order valence-corrected chi connectivity index (χ1v) is 6.05. The Morgan fingerprint density at radius 2 is 2.38 bits per heavy atom. The van der Waals surface area contributed by atoms with E-state index in [0.29, 0.717) is 12.1 Å². The maximum atomic E-state index is 5.59. The normalized spacial score (nSPS) is 25.9. The second-order valence-electron chi connectivity index (χ2n) is 4.42. The van der Waals surface area contributed by atoms with E-state index in [1.165, 1.54) is 5.69 Å². The predicted octanol–water partition coefficient (Wildman–Crippen LogP) is 1.44. The molecule has 1 aliphatic heterocycles. The molecular weight excluding hydrogens is 202 g/mol. The van der Waals surface area contributed by atoms with Crippen molar-refractivity contribution in [3.63, 3.8) is 0 Å². The minimum Gasteiger partial charge on any atom is -0.379 e. The second-order valence-corrected chi connectivity index (χ2v) is 4.42. The SMILES string of the molecule is CCNC1CCOCC1n1cnc(C)c1C. The number of rotatable bonds is 3. The molecule has 1 aromatic rings. The zero-order valence-electron chi connectivity index (χ0n) is 10.4. The standard InChI is InChI=1S/C12H21N3O/c1-4-13-11-5-6-16-7-12(11)15-8-14-9(2)10(15)3/h8,11-13H,4-7H2,1-3H3. The van der Waals surface area contributed by atoms with Crippen molar-refractivity contribution in [3.8, 4) is 0 Å². The molecule has 2 rings (SSSR count). The molecule has 2 heterocycles. The predicted molar refractivity (Wildman–Crippen MR) is 63.6 cm³/mol. The first-order chi connectivity index (χ1) is 7.74. The fourth-order valence-corrected chi connectivity index (χ4v) is 2.35. The van der Waals surface area contributed by atoms with Gasteiger partial charge in [0.15, 0.2) is 0 Å². The van der Waals surface area contributed by atoms with Crippen LogP contribution in [0.4, 0.5) is 0 Å². The van der Waals surface area contributed by atoms with Crippen LogP contribution in [0, 0.1) is 13.8 Å². The molecule has 1 saturated heterocycles. The minimum atomic E-state index is 0.384. The van der Waals surface area contributed by atoms with E-state index in [2.05, 4.69) is 35.6 Å². The zero-order valence-corrected chi connectivity index (χ0v) is 10.4. The maximum absolute atomic E-state index is 5.59. The van der Waals surface area contributed by atoms with E-state index in [1.54, 1.807) is 0 Å². The van der Waals surface area contributed by atoms with E-state index >= 15 is 0 Å². The van der Waals surface area contributed by atoms with E-state index in [-0.39, 0.29) is 0 Å². The van der Waals surface area contributed by atoms with Crippen LogP contribution in [0.5, 0.6) is 0 Å². The van der Waals surface area contributed by atoms with Crippen molar-refractivity contribution in [2.45, 2.75) is 39.3 Å². The lowest BCUT2D eigenvalue weighted by Gasteiger charge is -2.33. The smallest absolute Gasteiger partial charge is 0.0955 e. The molecule has 0 aliphatic carbocycles. The van der Waals surface area contributed by atoms with Gasteiger partial charge in [0.1, 0.15) is 0 Å². The number of imidazole rings is 1. The van der Waals surface area contributed by atoms with Crippen molar-refractivity contribution < 1.29 is 4.74 Å². The van der Waals surface area contributed by atoms with Crippen molar-refractivity contribution in [3.05, 3.63) is 17.7 Å². The summed E-state index contributed by atoms with van der Waals surface area (Å²) in [6, 6.07) is 0.890. The summed E-state index contributed by atoms with van der Waals surface area (Å²) in [6.07, 6.45) is 3.02. The number of likely N-dealkylation sites (N-methyl/N-ethyl adjacent to an activating group) is 1. The van der Waals surface area contributed by atoms with Crippen molar-refractivity contribution in [2.24, 2.45) is 0 Å². The lowest BCUT2D eigenvalue weighted by atomic mass is 10.0. The monoisotopic (exact) mass is 223 g/mol. The van der Waals surface area contributed by atoms with Gasteiger partial charge in [0, 0.05) is 18.3 Å². The van der Waals surface area contributed by atoms with Gasteiger partial charge in [-0.1, -0.05) is 6.92 Å². The van der Waals surface area contributed by atoms with Crippen LogP contribution in [0.2, 0.25) is 0 Å². The number of aryl methyl sites for hydroxylation is 1. The van der Waals surface area contributed by atoms with Crippen LogP contribution in [0.25, 0.3) is 0 Å². The molecule has 0 amide bonds. The highest BCUT2D eigenvalue weighted by atomic mass is 16.5. The molecule has 16 heavy (non-hydrogen) atoms. The lowest BCUT2D eigenvalue weighted by Crippen LogP contribution is -2.43. The Hall–Kier alpha value is -0.870. The Morgan fingerprint density at radius 3 is 3.00 bits per heavy atom. The van der Waals surface area contributed by atoms with Gasteiger partial charge >= 0.3 is 0 Å². The van der Waals surface area contributed by atoms with Crippen molar-refractivity contribution in [1.82, 2.24) is 14.9 Å². The molecule has 1 fully saturated rings. The molecule has 0 spiro atoms. The third-order valence-electron chi connectivity index (χ3n) is 3.44. The molecule has 0 saturated carbocycles. The summed E-state index contributed by atoms with van der Waals surface area (Å²) in [7, 11) is 0. The summed E-state index contributed by atoms with van der Waals surface area (Å²) in [5, 5.41) is 3.54. The van der Waals surface area contributed by atoms with Gasteiger partial charge in [0.2, 0.25) is 0 Å². The van der Waals surface area contributed by atoms with Gasteiger partial charge in [-0.15, -0.1) is 0 Å². The average molecular weight is 223 g/mol. The first-order valence-electron chi connectivity index (χ1n) is 6.05.